The Balaban J connectivity index is 0.00000272. The summed E-state index contributed by atoms with van der Waals surface area (Å²) in [5.41, 5.74) is 1.14. The van der Waals surface area contributed by atoms with Crippen LogP contribution in [0.3, 0.4) is 0 Å². The number of hydrogen-bond donors (Lipinski definition) is 2. The number of benzene rings is 1. The number of guanidine groups is 1. The number of aliphatic imine (C=N–C) groups is 1. The lowest BCUT2D eigenvalue weighted by atomic mass is 10.1. The average molecular weight is 535 g/mol. The monoisotopic (exact) mass is 535 g/mol. The quantitative estimate of drug-likeness (QED) is 0.301. The number of hydrogen-bond acceptors (Lipinski definition) is 4. The van der Waals surface area contributed by atoms with E-state index in [1.54, 1.807) is 0 Å². The standard InChI is InChI=1S/C24H33N5O.HI/c1-2-25-24(27-17-20-7-3-4-8-22(20)30-18-19-10-11-19)28-21-12-15-29(16-13-21)23-9-5-6-14-26-23;/h3-9,14,19,21H,2,10-13,15-18H2,1H3,(H2,25,27,28);1H. The molecule has 2 heterocycles. The SMILES string of the molecule is CCNC(=NCc1ccccc1OCC1CC1)NC1CCN(c2ccccn2)CC1.I. The molecule has 4 rings (SSSR count). The Labute approximate surface area is 202 Å². The first-order chi connectivity index (χ1) is 14.8. The Morgan fingerprint density at radius 3 is 2.58 bits per heavy atom. The summed E-state index contributed by atoms with van der Waals surface area (Å²) in [5.74, 6) is 3.66. The van der Waals surface area contributed by atoms with Gasteiger partial charge in [-0.3, -0.25) is 0 Å². The Morgan fingerprint density at radius 1 is 1.10 bits per heavy atom. The van der Waals surface area contributed by atoms with Crippen LogP contribution in [0.15, 0.2) is 53.7 Å². The van der Waals surface area contributed by atoms with E-state index in [0.29, 0.717) is 12.6 Å². The number of nitrogens with one attached hydrogen (secondary N) is 2. The number of rotatable bonds is 8. The van der Waals surface area contributed by atoms with E-state index < -0.39 is 0 Å². The lowest BCUT2D eigenvalue weighted by Gasteiger charge is -2.33. The van der Waals surface area contributed by atoms with Gasteiger partial charge in [0.1, 0.15) is 11.6 Å². The molecule has 0 bridgehead atoms. The largest absolute Gasteiger partial charge is 0.493 e. The maximum absolute atomic E-state index is 6.04. The van der Waals surface area contributed by atoms with Crippen molar-refractivity contribution in [2.45, 2.75) is 45.2 Å². The highest BCUT2D eigenvalue weighted by Crippen LogP contribution is 2.30. The van der Waals surface area contributed by atoms with Crippen LogP contribution in [0.1, 0.15) is 38.2 Å². The zero-order valence-electron chi connectivity index (χ0n) is 18.3. The second-order valence-electron chi connectivity index (χ2n) is 8.15. The number of nitrogens with zero attached hydrogens (tertiary/aromatic N) is 3. The summed E-state index contributed by atoms with van der Waals surface area (Å²) in [4.78, 5) is 11.7. The molecule has 2 fully saturated rings. The van der Waals surface area contributed by atoms with Gasteiger partial charge in [0, 0.05) is 37.4 Å². The highest BCUT2D eigenvalue weighted by molar-refractivity contribution is 14.0. The number of para-hydroxylation sites is 1. The van der Waals surface area contributed by atoms with Crippen LogP contribution in [-0.4, -0.2) is 43.2 Å². The van der Waals surface area contributed by atoms with Crippen LogP contribution in [0, 0.1) is 5.92 Å². The third kappa shape index (κ3) is 7.26. The van der Waals surface area contributed by atoms with E-state index >= 15 is 0 Å². The van der Waals surface area contributed by atoms with Crippen LogP contribution in [0.25, 0.3) is 0 Å². The fourth-order valence-corrected chi connectivity index (χ4v) is 3.74. The molecule has 1 saturated carbocycles. The van der Waals surface area contributed by atoms with Crippen LogP contribution in [0.2, 0.25) is 0 Å². The maximum Gasteiger partial charge on any atom is 0.191 e. The lowest BCUT2D eigenvalue weighted by Crippen LogP contribution is -2.48. The van der Waals surface area contributed by atoms with Gasteiger partial charge >= 0.3 is 0 Å². The fourth-order valence-electron chi connectivity index (χ4n) is 3.74. The van der Waals surface area contributed by atoms with E-state index in [9.17, 15) is 0 Å². The van der Waals surface area contributed by atoms with E-state index in [2.05, 4.69) is 57.8 Å². The zero-order valence-corrected chi connectivity index (χ0v) is 20.6. The van der Waals surface area contributed by atoms with Crippen molar-refractivity contribution in [1.29, 1.82) is 0 Å². The topological polar surface area (TPSA) is 61.8 Å². The summed E-state index contributed by atoms with van der Waals surface area (Å²) in [5, 5.41) is 7.02. The summed E-state index contributed by atoms with van der Waals surface area (Å²) in [6.45, 7) is 6.40. The molecule has 2 aliphatic rings. The van der Waals surface area contributed by atoms with Gasteiger partial charge in [-0.25, -0.2) is 9.98 Å². The first-order valence-electron chi connectivity index (χ1n) is 11.2. The van der Waals surface area contributed by atoms with E-state index in [-0.39, 0.29) is 24.0 Å². The van der Waals surface area contributed by atoms with E-state index in [4.69, 9.17) is 9.73 Å². The predicted molar refractivity (Wildman–Crippen MR) is 137 cm³/mol. The van der Waals surface area contributed by atoms with E-state index in [1.807, 2.05) is 18.3 Å². The van der Waals surface area contributed by atoms with Gasteiger partial charge in [0.15, 0.2) is 5.96 Å². The van der Waals surface area contributed by atoms with Gasteiger partial charge in [-0.15, -0.1) is 24.0 Å². The minimum Gasteiger partial charge on any atom is -0.493 e. The van der Waals surface area contributed by atoms with Crippen molar-refractivity contribution in [3.63, 3.8) is 0 Å². The fraction of sp³-hybridized carbons (Fsp3) is 0.500. The third-order valence-electron chi connectivity index (χ3n) is 5.70. The van der Waals surface area contributed by atoms with Crippen LogP contribution < -0.4 is 20.3 Å². The van der Waals surface area contributed by atoms with Crippen LogP contribution in [0.4, 0.5) is 5.82 Å². The molecule has 7 heteroatoms. The summed E-state index contributed by atoms with van der Waals surface area (Å²) in [6.07, 6.45) is 6.61. The number of anilines is 1. The molecule has 0 spiro atoms. The van der Waals surface area contributed by atoms with Gasteiger partial charge in [-0.1, -0.05) is 24.3 Å². The number of halogens is 1. The predicted octanol–water partition coefficient (Wildman–Crippen LogP) is 4.21. The summed E-state index contributed by atoms with van der Waals surface area (Å²) in [6, 6.07) is 14.8. The van der Waals surface area contributed by atoms with Crippen molar-refractivity contribution in [1.82, 2.24) is 15.6 Å². The van der Waals surface area contributed by atoms with Crippen molar-refractivity contribution in [2.75, 3.05) is 31.1 Å². The third-order valence-corrected chi connectivity index (χ3v) is 5.70. The van der Waals surface area contributed by atoms with Gasteiger partial charge in [-0.2, -0.15) is 0 Å². The smallest absolute Gasteiger partial charge is 0.191 e. The molecule has 1 aromatic heterocycles. The molecular formula is C24H34IN5O. The Morgan fingerprint density at radius 2 is 1.87 bits per heavy atom. The molecule has 0 atom stereocenters. The maximum atomic E-state index is 6.04. The molecule has 0 radical (unpaired) electrons. The van der Waals surface area contributed by atoms with Crippen LogP contribution in [-0.2, 0) is 6.54 Å². The van der Waals surface area contributed by atoms with Crippen molar-refractivity contribution < 1.29 is 4.74 Å². The molecule has 31 heavy (non-hydrogen) atoms. The van der Waals surface area contributed by atoms with Crippen molar-refractivity contribution in [3.8, 4) is 5.75 Å². The van der Waals surface area contributed by atoms with Crippen LogP contribution >= 0.6 is 24.0 Å². The van der Waals surface area contributed by atoms with Gasteiger partial charge in [0.05, 0.1) is 13.2 Å². The average Bonchev–Trinajstić information content (AvgIpc) is 3.62. The van der Waals surface area contributed by atoms with Crippen molar-refractivity contribution in [2.24, 2.45) is 10.9 Å². The van der Waals surface area contributed by atoms with Gasteiger partial charge in [0.25, 0.3) is 0 Å². The number of pyridine rings is 1. The van der Waals surface area contributed by atoms with E-state index in [1.165, 1.54) is 12.8 Å². The van der Waals surface area contributed by atoms with Gasteiger partial charge in [-0.05, 0) is 56.7 Å². The minimum absolute atomic E-state index is 0. The normalized spacial score (nSPS) is 17.1. The molecule has 2 N–H and O–H groups in total. The zero-order chi connectivity index (χ0) is 20.6. The molecule has 1 aliphatic carbocycles. The second-order valence-corrected chi connectivity index (χ2v) is 8.15. The highest BCUT2D eigenvalue weighted by atomic mass is 127. The molecule has 0 unspecified atom stereocenters. The van der Waals surface area contributed by atoms with Crippen LogP contribution in [0.5, 0.6) is 5.75 Å². The van der Waals surface area contributed by atoms with Crippen molar-refractivity contribution >= 4 is 35.8 Å². The van der Waals surface area contributed by atoms with Crippen molar-refractivity contribution in [3.05, 3.63) is 54.2 Å². The summed E-state index contributed by atoms with van der Waals surface area (Å²) >= 11 is 0. The van der Waals surface area contributed by atoms with Gasteiger partial charge < -0.3 is 20.3 Å². The summed E-state index contributed by atoms with van der Waals surface area (Å²) < 4.78 is 6.04. The summed E-state index contributed by atoms with van der Waals surface area (Å²) in [7, 11) is 0. The second kappa shape index (κ2) is 12.1. The molecular weight excluding hydrogens is 501 g/mol. The molecule has 0 amide bonds. The molecule has 1 aliphatic heterocycles. The molecule has 1 saturated heterocycles. The Kier molecular flexibility index (Phi) is 9.24. The Bertz CT molecular complexity index is 820. The molecule has 168 valence electrons. The van der Waals surface area contributed by atoms with Gasteiger partial charge in [0.2, 0.25) is 0 Å². The highest BCUT2D eigenvalue weighted by Gasteiger charge is 2.23. The number of ether oxygens (including phenoxy) is 1. The van der Waals surface area contributed by atoms with E-state index in [0.717, 1.165) is 68.1 Å². The molecule has 1 aromatic carbocycles. The lowest BCUT2D eigenvalue weighted by molar-refractivity contribution is 0.297. The first-order valence-corrected chi connectivity index (χ1v) is 11.2. The first kappa shape index (κ1) is 23.6. The Hall–Kier alpha value is -2.03. The molecule has 6 nitrogen and oxygen atoms in total. The molecule has 2 aromatic rings. The minimum atomic E-state index is 0. The number of aromatic nitrogens is 1. The number of piperidine rings is 1.